The number of rotatable bonds is 7. The summed E-state index contributed by atoms with van der Waals surface area (Å²) < 4.78 is 0. The number of nitrogens with zero attached hydrogens (tertiary/aromatic N) is 1. The van der Waals surface area contributed by atoms with E-state index in [0.717, 1.165) is 25.8 Å². The Kier molecular flexibility index (Phi) is 5.76. The van der Waals surface area contributed by atoms with Gasteiger partial charge in [-0.25, -0.2) is 4.98 Å². The molecule has 0 saturated carbocycles. The molecule has 0 aliphatic carbocycles. The zero-order chi connectivity index (χ0) is 12.7. The van der Waals surface area contributed by atoms with Crippen molar-refractivity contribution in [3.05, 3.63) is 4.88 Å². The van der Waals surface area contributed by atoms with Crippen molar-refractivity contribution in [2.75, 3.05) is 24.1 Å². The van der Waals surface area contributed by atoms with Gasteiger partial charge in [-0.2, -0.15) is 0 Å². The minimum Gasteiger partial charge on any atom is -0.382 e. The fraction of sp³-hybridized carbons (Fsp3) is 0.636. The monoisotopic (exact) mass is 256 g/mol. The number of nitrogens with two attached hydrogens (primary N) is 1. The van der Waals surface area contributed by atoms with Crippen LogP contribution in [0.25, 0.3) is 0 Å². The summed E-state index contributed by atoms with van der Waals surface area (Å²) in [6.45, 7) is 5.57. The van der Waals surface area contributed by atoms with Gasteiger partial charge < -0.3 is 16.4 Å². The van der Waals surface area contributed by atoms with Gasteiger partial charge in [0.05, 0.1) is 0 Å². The van der Waals surface area contributed by atoms with E-state index in [1.54, 1.807) is 0 Å². The first-order valence-corrected chi connectivity index (χ1v) is 6.79. The Hall–Kier alpha value is -1.30. The third kappa shape index (κ3) is 4.22. The van der Waals surface area contributed by atoms with E-state index in [1.807, 2.05) is 6.92 Å². The second-order valence-corrected chi connectivity index (χ2v) is 4.73. The second-order valence-electron chi connectivity index (χ2n) is 3.73. The molecule has 0 unspecified atom stereocenters. The molecule has 1 amide bonds. The van der Waals surface area contributed by atoms with E-state index in [9.17, 15) is 4.79 Å². The average molecular weight is 256 g/mol. The fourth-order valence-corrected chi connectivity index (χ4v) is 2.25. The predicted octanol–water partition coefficient (Wildman–Crippen LogP) is 2.08. The van der Waals surface area contributed by atoms with E-state index in [-0.39, 0.29) is 5.91 Å². The number of carbonyl (C=O) groups is 1. The number of carbonyl (C=O) groups excluding carboxylic acids is 1. The molecule has 5 nitrogen and oxygen atoms in total. The Labute approximate surface area is 106 Å². The van der Waals surface area contributed by atoms with Gasteiger partial charge in [-0.3, -0.25) is 4.79 Å². The first-order chi connectivity index (χ1) is 8.19. The number of thiazole rings is 1. The summed E-state index contributed by atoms with van der Waals surface area (Å²) in [5.41, 5.74) is 5.70. The van der Waals surface area contributed by atoms with E-state index < -0.39 is 0 Å². The van der Waals surface area contributed by atoms with Crippen LogP contribution in [0.2, 0.25) is 0 Å². The van der Waals surface area contributed by atoms with Gasteiger partial charge in [0.15, 0.2) is 5.13 Å². The normalized spacial score (nSPS) is 10.2. The number of amides is 1. The van der Waals surface area contributed by atoms with Crippen molar-refractivity contribution in [3.8, 4) is 0 Å². The smallest absolute Gasteiger partial charge is 0.265 e. The summed E-state index contributed by atoms with van der Waals surface area (Å²) in [6.07, 6.45) is 3.27. The molecule has 0 bridgehead atoms. The highest BCUT2D eigenvalue weighted by Gasteiger charge is 2.15. The number of unbranched alkanes of at least 4 members (excludes halogenated alkanes) is 2. The van der Waals surface area contributed by atoms with Crippen molar-refractivity contribution in [2.45, 2.75) is 33.1 Å². The molecule has 0 aromatic carbocycles. The number of anilines is 2. The summed E-state index contributed by atoms with van der Waals surface area (Å²) in [5.74, 6) is 0.180. The van der Waals surface area contributed by atoms with Gasteiger partial charge in [-0.1, -0.05) is 31.1 Å². The number of nitrogens with one attached hydrogen (secondary N) is 2. The lowest BCUT2D eigenvalue weighted by Crippen LogP contribution is -2.24. The molecule has 0 fully saturated rings. The second kappa shape index (κ2) is 7.11. The lowest BCUT2D eigenvalue weighted by molar-refractivity contribution is 0.0957. The largest absolute Gasteiger partial charge is 0.382 e. The summed E-state index contributed by atoms with van der Waals surface area (Å²) in [7, 11) is 0. The molecule has 96 valence electrons. The van der Waals surface area contributed by atoms with Gasteiger partial charge in [-0.15, -0.1) is 0 Å². The van der Waals surface area contributed by atoms with E-state index in [4.69, 9.17) is 5.73 Å². The zero-order valence-electron chi connectivity index (χ0n) is 10.4. The highest BCUT2D eigenvalue weighted by Crippen LogP contribution is 2.24. The van der Waals surface area contributed by atoms with Gasteiger partial charge in [0.2, 0.25) is 0 Å². The molecular formula is C11H20N4OS. The Morgan fingerprint density at radius 1 is 1.41 bits per heavy atom. The van der Waals surface area contributed by atoms with Gasteiger partial charge in [-0.05, 0) is 13.3 Å². The standard InChI is InChI=1S/C11H20N4OS/c1-3-5-6-7-14-10(16)8-9(12)15-11(17-8)13-4-2/h3-7,12H2,1-2H3,(H,13,15)(H,14,16). The van der Waals surface area contributed by atoms with E-state index in [0.29, 0.717) is 22.4 Å². The van der Waals surface area contributed by atoms with Crippen LogP contribution < -0.4 is 16.4 Å². The SMILES string of the molecule is CCCCCNC(=O)c1sc(NCC)nc1N. The third-order valence-corrected chi connectivity index (χ3v) is 3.28. The highest BCUT2D eigenvalue weighted by molar-refractivity contribution is 7.18. The Morgan fingerprint density at radius 2 is 2.18 bits per heavy atom. The minimum atomic E-state index is -0.125. The van der Waals surface area contributed by atoms with Crippen LogP contribution in [0.3, 0.4) is 0 Å². The minimum absolute atomic E-state index is 0.125. The van der Waals surface area contributed by atoms with Gasteiger partial charge in [0.1, 0.15) is 10.7 Å². The molecule has 0 saturated heterocycles. The molecule has 1 aromatic heterocycles. The van der Waals surface area contributed by atoms with Crippen LogP contribution in [0.1, 0.15) is 42.8 Å². The van der Waals surface area contributed by atoms with E-state index >= 15 is 0 Å². The van der Waals surface area contributed by atoms with Crippen molar-refractivity contribution in [1.29, 1.82) is 0 Å². The molecule has 1 aromatic rings. The maximum Gasteiger partial charge on any atom is 0.265 e. The molecule has 0 atom stereocenters. The lowest BCUT2D eigenvalue weighted by atomic mass is 10.2. The zero-order valence-corrected chi connectivity index (χ0v) is 11.2. The van der Waals surface area contributed by atoms with E-state index in [2.05, 4.69) is 22.5 Å². The van der Waals surface area contributed by atoms with Crippen LogP contribution in [0.5, 0.6) is 0 Å². The topological polar surface area (TPSA) is 80.0 Å². The van der Waals surface area contributed by atoms with Crippen molar-refractivity contribution < 1.29 is 4.79 Å². The molecule has 0 radical (unpaired) electrons. The van der Waals surface area contributed by atoms with Gasteiger partial charge in [0.25, 0.3) is 5.91 Å². The van der Waals surface area contributed by atoms with Gasteiger partial charge >= 0.3 is 0 Å². The number of nitrogen functional groups attached to an aromatic ring is 1. The number of hydrogen-bond donors (Lipinski definition) is 3. The quantitative estimate of drug-likeness (QED) is 0.652. The Bertz CT molecular complexity index is 364. The van der Waals surface area contributed by atoms with Crippen LogP contribution in [0, 0.1) is 0 Å². The summed E-state index contributed by atoms with van der Waals surface area (Å²) >= 11 is 1.30. The molecule has 0 aliphatic heterocycles. The predicted molar refractivity (Wildman–Crippen MR) is 72.5 cm³/mol. The van der Waals surface area contributed by atoms with E-state index in [1.165, 1.54) is 11.3 Å². The summed E-state index contributed by atoms with van der Waals surface area (Å²) in [5, 5.41) is 6.60. The fourth-order valence-electron chi connectivity index (χ4n) is 1.38. The molecule has 4 N–H and O–H groups in total. The van der Waals surface area contributed by atoms with Crippen molar-refractivity contribution in [3.63, 3.8) is 0 Å². The highest BCUT2D eigenvalue weighted by atomic mass is 32.1. The molecule has 6 heteroatoms. The van der Waals surface area contributed by atoms with Crippen LogP contribution in [0.4, 0.5) is 10.9 Å². The van der Waals surface area contributed by atoms with Crippen molar-refractivity contribution in [2.24, 2.45) is 0 Å². The molecule has 0 spiro atoms. The molecule has 17 heavy (non-hydrogen) atoms. The molecule has 1 rings (SSSR count). The van der Waals surface area contributed by atoms with Crippen molar-refractivity contribution in [1.82, 2.24) is 10.3 Å². The maximum atomic E-state index is 11.8. The van der Waals surface area contributed by atoms with Crippen LogP contribution in [-0.4, -0.2) is 24.0 Å². The molecule has 1 heterocycles. The number of aromatic nitrogens is 1. The Balaban J connectivity index is 2.50. The van der Waals surface area contributed by atoms with Gasteiger partial charge in [0, 0.05) is 13.1 Å². The first-order valence-electron chi connectivity index (χ1n) is 5.97. The lowest BCUT2D eigenvalue weighted by Gasteiger charge is -2.02. The average Bonchev–Trinajstić information content (AvgIpc) is 2.66. The maximum absolute atomic E-state index is 11.8. The van der Waals surface area contributed by atoms with Crippen LogP contribution in [-0.2, 0) is 0 Å². The third-order valence-electron chi connectivity index (χ3n) is 2.25. The molecule has 0 aliphatic rings. The van der Waals surface area contributed by atoms with Crippen molar-refractivity contribution >= 4 is 28.2 Å². The van der Waals surface area contributed by atoms with Crippen LogP contribution >= 0.6 is 11.3 Å². The number of hydrogen-bond acceptors (Lipinski definition) is 5. The summed E-state index contributed by atoms with van der Waals surface area (Å²) in [6, 6.07) is 0. The molecular weight excluding hydrogens is 236 g/mol. The summed E-state index contributed by atoms with van der Waals surface area (Å²) in [4.78, 5) is 16.4. The Morgan fingerprint density at radius 3 is 2.82 bits per heavy atom. The van der Waals surface area contributed by atoms with Crippen LogP contribution in [0.15, 0.2) is 0 Å². The first kappa shape index (κ1) is 13.8.